The van der Waals surface area contributed by atoms with E-state index in [2.05, 4.69) is 10.1 Å². The van der Waals surface area contributed by atoms with Crippen LogP contribution in [0.5, 0.6) is 5.75 Å². The minimum atomic E-state index is -0.849. The lowest BCUT2D eigenvalue weighted by Gasteiger charge is -2.23. The zero-order valence-corrected chi connectivity index (χ0v) is 12.0. The molecule has 1 N–H and O–H groups in total. The van der Waals surface area contributed by atoms with E-state index in [4.69, 9.17) is 14.4 Å². The molecule has 1 aromatic heterocycles. The fraction of sp³-hybridized carbons (Fsp3) is 0.357. The lowest BCUT2D eigenvalue weighted by atomic mass is 9.92. The molecule has 0 saturated carbocycles. The molecule has 21 heavy (non-hydrogen) atoms. The van der Waals surface area contributed by atoms with Crippen molar-refractivity contribution in [1.82, 2.24) is 10.1 Å². The molecule has 0 bridgehead atoms. The number of hydrogen-bond acceptors (Lipinski definition) is 6. The van der Waals surface area contributed by atoms with Gasteiger partial charge in [-0.05, 0) is 12.5 Å². The van der Waals surface area contributed by atoms with Crippen molar-refractivity contribution in [3.05, 3.63) is 41.5 Å². The number of para-hydroxylation sites is 1. The number of carboxylic acids is 1. The molecule has 2 heterocycles. The fourth-order valence-corrected chi connectivity index (χ4v) is 2.87. The molecule has 7 heteroatoms. The van der Waals surface area contributed by atoms with Gasteiger partial charge in [-0.25, -0.2) is 0 Å². The van der Waals surface area contributed by atoms with Crippen LogP contribution in [-0.4, -0.2) is 33.6 Å². The van der Waals surface area contributed by atoms with Crippen LogP contribution in [-0.2, 0) is 10.5 Å². The normalized spacial score (nSPS) is 17.0. The van der Waals surface area contributed by atoms with Crippen molar-refractivity contribution >= 4 is 17.7 Å². The van der Waals surface area contributed by atoms with Crippen molar-refractivity contribution in [2.75, 3.05) is 12.4 Å². The number of carboxylic acid groups (broad SMARTS) is 1. The number of nitrogens with zero attached hydrogens (tertiary/aromatic N) is 2. The SMILES string of the molecule is O=C(O)CSCc1nc(C2CCOc3ccccc32)no1. The third-order valence-corrected chi connectivity index (χ3v) is 4.11. The molecule has 1 aliphatic rings. The maximum atomic E-state index is 10.5. The Hall–Kier alpha value is -2.02. The summed E-state index contributed by atoms with van der Waals surface area (Å²) in [6, 6.07) is 7.84. The Morgan fingerprint density at radius 1 is 1.43 bits per heavy atom. The van der Waals surface area contributed by atoms with E-state index in [1.54, 1.807) is 0 Å². The molecule has 2 aromatic rings. The number of aliphatic carboxylic acids is 1. The molecule has 1 aliphatic heterocycles. The quantitative estimate of drug-likeness (QED) is 0.907. The van der Waals surface area contributed by atoms with Crippen LogP contribution in [0, 0.1) is 0 Å². The van der Waals surface area contributed by atoms with Crippen molar-refractivity contribution < 1.29 is 19.2 Å². The van der Waals surface area contributed by atoms with Gasteiger partial charge in [0.05, 0.1) is 24.0 Å². The Labute approximate surface area is 125 Å². The number of thioether (sulfide) groups is 1. The molecular weight excluding hydrogens is 292 g/mol. The van der Waals surface area contributed by atoms with Crippen molar-refractivity contribution in [3.63, 3.8) is 0 Å². The van der Waals surface area contributed by atoms with Crippen molar-refractivity contribution in [1.29, 1.82) is 0 Å². The summed E-state index contributed by atoms with van der Waals surface area (Å²) in [4.78, 5) is 14.9. The smallest absolute Gasteiger partial charge is 0.313 e. The first-order valence-electron chi connectivity index (χ1n) is 6.58. The summed E-state index contributed by atoms with van der Waals surface area (Å²) in [5.41, 5.74) is 1.06. The summed E-state index contributed by atoms with van der Waals surface area (Å²) in [7, 11) is 0. The van der Waals surface area contributed by atoms with Gasteiger partial charge in [0, 0.05) is 5.56 Å². The van der Waals surface area contributed by atoms with Gasteiger partial charge in [0.2, 0.25) is 5.89 Å². The Balaban J connectivity index is 1.73. The molecular formula is C14H14N2O4S. The number of fused-ring (bicyclic) bond motifs is 1. The fourth-order valence-electron chi connectivity index (χ4n) is 2.30. The van der Waals surface area contributed by atoms with Gasteiger partial charge in [0.1, 0.15) is 5.75 Å². The van der Waals surface area contributed by atoms with Crippen molar-refractivity contribution in [2.45, 2.75) is 18.1 Å². The van der Waals surface area contributed by atoms with E-state index in [1.165, 1.54) is 11.8 Å². The van der Waals surface area contributed by atoms with E-state index in [0.29, 0.717) is 24.1 Å². The Kier molecular flexibility index (Phi) is 4.10. The zero-order valence-electron chi connectivity index (χ0n) is 11.2. The molecule has 1 unspecified atom stereocenters. The summed E-state index contributed by atoms with van der Waals surface area (Å²) in [5.74, 6) is 1.61. The number of ether oxygens (including phenoxy) is 1. The van der Waals surface area contributed by atoms with Crippen LogP contribution in [0.4, 0.5) is 0 Å². The predicted octanol–water partition coefficient (Wildman–Crippen LogP) is 2.30. The van der Waals surface area contributed by atoms with Crippen LogP contribution in [0.3, 0.4) is 0 Å². The molecule has 110 valence electrons. The second kappa shape index (κ2) is 6.17. The molecule has 0 saturated heterocycles. The van der Waals surface area contributed by atoms with E-state index in [0.717, 1.165) is 17.7 Å². The summed E-state index contributed by atoms with van der Waals surface area (Å²) >= 11 is 1.24. The average Bonchev–Trinajstić information content (AvgIpc) is 2.95. The van der Waals surface area contributed by atoms with E-state index < -0.39 is 5.97 Å². The lowest BCUT2D eigenvalue weighted by molar-refractivity contribution is -0.133. The van der Waals surface area contributed by atoms with Gasteiger partial charge >= 0.3 is 5.97 Å². The summed E-state index contributed by atoms with van der Waals surface area (Å²) < 4.78 is 10.8. The van der Waals surface area contributed by atoms with Gasteiger partial charge in [-0.15, -0.1) is 11.8 Å². The minimum absolute atomic E-state index is 0.0256. The van der Waals surface area contributed by atoms with E-state index in [9.17, 15) is 4.79 Å². The Morgan fingerprint density at radius 3 is 3.14 bits per heavy atom. The number of hydrogen-bond donors (Lipinski definition) is 1. The van der Waals surface area contributed by atoms with Crippen LogP contribution >= 0.6 is 11.8 Å². The van der Waals surface area contributed by atoms with Gasteiger partial charge in [0.15, 0.2) is 5.82 Å². The topological polar surface area (TPSA) is 85.5 Å². The maximum Gasteiger partial charge on any atom is 0.313 e. The number of rotatable bonds is 5. The monoisotopic (exact) mass is 306 g/mol. The Bertz CT molecular complexity index is 643. The maximum absolute atomic E-state index is 10.5. The largest absolute Gasteiger partial charge is 0.493 e. The van der Waals surface area contributed by atoms with Gasteiger partial charge in [-0.1, -0.05) is 23.4 Å². The standard InChI is InChI=1S/C14H14N2O4S/c17-13(18)8-21-7-12-15-14(16-20-12)10-5-6-19-11-4-2-1-3-9(10)11/h1-4,10H,5-8H2,(H,17,18). The number of benzene rings is 1. The van der Waals surface area contributed by atoms with Crippen molar-refractivity contribution in [3.8, 4) is 5.75 Å². The molecule has 1 atom stereocenters. The summed E-state index contributed by atoms with van der Waals surface area (Å²) in [5, 5.41) is 12.6. The first-order valence-corrected chi connectivity index (χ1v) is 7.73. The first kappa shape index (κ1) is 13.9. The molecule has 3 rings (SSSR count). The molecule has 0 aliphatic carbocycles. The molecule has 0 spiro atoms. The van der Waals surface area contributed by atoms with Crippen molar-refractivity contribution in [2.24, 2.45) is 0 Å². The number of aromatic nitrogens is 2. The van der Waals surface area contributed by atoms with Gasteiger partial charge in [-0.2, -0.15) is 4.98 Å². The molecule has 1 aromatic carbocycles. The van der Waals surface area contributed by atoms with Gasteiger partial charge in [0.25, 0.3) is 0 Å². The second-order valence-corrected chi connectivity index (χ2v) is 5.65. The third-order valence-electron chi connectivity index (χ3n) is 3.21. The van der Waals surface area contributed by atoms with E-state index in [1.807, 2.05) is 24.3 Å². The summed E-state index contributed by atoms with van der Waals surface area (Å²) in [6.45, 7) is 0.624. The second-order valence-electron chi connectivity index (χ2n) is 4.66. The lowest BCUT2D eigenvalue weighted by Crippen LogP contribution is -2.16. The number of carbonyl (C=O) groups is 1. The minimum Gasteiger partial charge on any atom is -0.493 e. The van der Waals surface area contributed by atoms with Gasteiger partial charge < -0.3 is 14.4 Å². The molecule has 6 nitrogen and oxygen atoms in total. The van der Waals surface area contributed by atoms with E-state index in [-0.39, 0.29) is 11.7 Å². The molecule has 0 radical (unpaired) electrons. The summed E-state index contributed by atoms with van der Waals surface area (Å²) in [6.07, 6.45) is 0.804. The van der Waals surface area contributed by atoms with Gasteiger partial charge in [-0.3, -0.25) is 4.79 Å². The Morgan fingerprint density at radius 2 is 2.29 bits per heavy atom. The highest BCUT2D eigenvalue weighted by atomic mass is 32.2. The molecule has 0 amide bonds. The molecule has 0 fully saturated rings. The highest BCUT2D eigenvalue weighted by Gasteiger charge is 2.26. The van der Waals surface area contributed by atoms with Crippen LogP contribution < -0.4 is 4.74 Å². The van der Waals surface area contributed by atoms with Crippen LogP contribution in [0.2, 0.25) is 0 Å². The third kappa shape index (κ3) is 3.18. The van der Waals surface area contributed by atoms with Crippen LogP contribution in [0.25, 0.3) is 0 Å². The average molecular weight is 306 g/mol. The zero-order chi connectivity index (χ0) is 14.7. The highest BCUT2D eigenvalue weighted by Crippen LogP contribution is 2.36. The predicted molar refractivity (Wildman–Crippen MR) is 76.5 cm³/mol. The van der Waals surface area contributed by atoms with E-state index >= 15 is 0 Å². The highest BCUT2D eigenvalue weighted by molar-refractivity contribution is 7.99. The first-order chi connectivity index (χ1) is 10.2. The van der Waals surface area contributed by atoms with Crippen LogP contribution in [0.15, 0.2) is 28.8 Å². The van der Waals surface area contributed by atoms with Crippen LogP contribution in [0.1, 0.15) is 29.6 Å².